The zero-order chi connectivity index (χ0) is 16.4. The molecule has 0 fully saturated rings. The summed E-state index contributed by atoms with van der Waals surface area (Å²) in [5.41, 5.74) is 1.64. The third kappa shape index (κ3) is 4.48. The maximum Gasteiger partial charge on any atom is 0.331 e. The molecule has 0 heterocycles. The van der Waals surface area contributed by atoms with Crippen LogP contribution in [-0.4, -0.2) is 23.8 Å². The highest BCUT2D eigenvalue weighted by atomic mass is 35.5. The largest absolute Gasteiger partial charge is 0.427 e. The molecule has 117 valence electrons. The van der Waals surface area contributed by atoms with Gasteiger partial charge >= 0.3 is 7.48 Å². The number of aryl methyl sites for hydroxylation is 1. The summed E-state index contributed by atoms with van der Waals surface area (Å²) in [7, 11) is 1.73. The number of hydrogen-bond acceptors (Lipinski definition) is 2. The molecule has 1 rings (SSSR count). The molecule has 0 amide bonds. The van der Waals surface area contributed by atoms with E-state index in [1.165, 1.54) is 5.56 Å². The van der Waals surface area contributed by atoms with Gasteiger partial charge in [-0.15, -0.1) is 0 Å². The van der Waals surface area contributed by atoms with Crippen molar-refractivity contribution in [1.29, 1.82) is 0 Å². The van der Waals surface area contributed by atoms with Crippen molar-refractivity contribution in [1.82, 2.24) is 0 Å². The quantitative estimate of drug-likeness (QED) is 0.809. The van der Waals surface area contributed by atoms with E-state index in [2.05, 4.69) is 26.8 Å². The lowest BCUT2D eigenvalue weighted by molar-refractivity contribution is -0.0893. The topological polar surface area (TPSA) is 29.5 Å². The van der Waals surface area contributed by atoms with Crippen molar-refractivity contribution in [2.75, 3.05) is 0 Å². The summed E-state index contributed by atoms with van der Waals surface area (Å²) in [5, 5.41) is 11.0. The lowest BCUT2D eigenvalue weighted by atomic mass is 9.77. The molecule has 0 aliphatic rings. The first-order valence-electron chi connectivity index (χ1n) is 7.55. The van der Waals surface area contributed by atoms with Gasteiger partial charge in [-0.25, -0.2) is 0 Å². The molecule has 2 nitrogen and oxygen atoms in total. The second-order valence-corrected chi connectivity index (χ2v) is 7.30. The first-order chi connectivity index (χ1) is 9.49. The third-order valence-corrected chi connectivity index (χ3v) is 4.47. The van der Waals surface area contributed by atoms with Crippen molar-refractivity contribution in [3.8, 4) is 0 Å². The van der Waals surface area contributed by atoms with Crippen LogP contribution in [0.15, 0.2) is 12.1 Å². The molecular formula is C17H27BClO2. The maximum atomic E-state index is 10.2. The zero-order valence-electron chi connectivity index (χ0n) is 14.2. The fourth-order valence-electron chi connectivity index (χ4n) is 1.96. The molecule has 0 saturated heterocycles. The van der Waals surface area contributed by atoms with Gasteiger partial charge < -0.3 is 9.76 Å². The summed E-state index contributed by atoms with van der Waals surface area (Å²) in [5.74, 6) is 0.309. The average Bonchev–Trinajstić information content (AvgIpc) is 2.33. The molecular weight excluding hydrogens is 282 g/mol. The molecule has 21 heavy (non-hydrogen) atoms. The van der Waals surface area contributed by atoms with Crippen LogP contribution in [0.25, 0.3) is 0 Å². The summed E-state index contributed by atoms with van der Waals surface area (Å²) >= 11 is 6.42. The van der Waals surface area contributed by atoms with Gasteiger partial charge in [-0.05, 0) is 62.7 Å². The van der Waals surface area contributed by atoms with Gasteiger partial charge in [0.15, 0.2) is 0 Å². The van der Waals surface area contributed by atoms with Crippen LogP contribution in [0.2, 0.25) is 5.02 Å². The normalized spacial score (nSPS) is 12.9. The summed E-state index contributed by atoms with van der Waals surface area (Å²) in [6, 6.07) is 4.14. The van der Waals surface area contributed by atoms with E-state index >= 15 is 0 Å². The van der Waals surface area contributed by atoms with E-state index in [4.69, 9.17) is 16.3 Å². The van der Waals surface area contributed by atoms with E-state index < -0.39 is 11.2 Å². The van der Waals surface area contributed by atoms with Crippen molar-refractivity contribution < 1.29 is 9.76 Å². The van der Waals surface area contributed by atoms with E-state index in [0.717, 1.165) is 22.5 Å². The highest BCUT2D eigenvalue weighted by Crippen LogP contribution is 2.27. The van der Waals surface area contributed by atoms with E-state index in [0.29, 0.717) is 5.92 Å². The number of benzene rings is 1. The second kappa shape index (κ2) is 6.72. The van der Waals surface area contributed by atoms with Crippen molar-refractivity contribution >= 4 is 24.5 Å². The van der Waals surface area contributed by atoms with Crippen molar-refractivity contribution in [2.24, 2.45) is 0 Å². The molecule has 0 aliphatic heterocycles. The predicted octanol–water partition coefficient (Wildman–Crippen LogP) is 3.84. The Bertz CT molecular complexity index is 490. The highest BCUT2D eigenvalue weighted by molar-refractivity contribution is 6.49. The number of rotatable bonds is 6. The van der Waals surface area contributed by atoms with Gasteiger partial charge in [0.25, 0.3) is 0 Å². The van der Waals surface area contributed by atoms with Gasteiger partial charge in [0.2, 0.25) is 0 Å². The number of hydrogen-bond donors (Lipinski definition) is 1. The minimum Gasteiger partial charge on any atom is -0.427 e. The van der Waals surface area contributed by atoms with Crippen LogP contribution in [-0.2, 0) is 11.1 Å². The molecule has 1 radical (unpaired) electrons. The fourth-order valence-corrected chi connectivity index (χ4v) is 2.43. The van der Waals surface area contributed by atoms with Gasteiger partial charge in [-0.1, -0.05) is 38.4 Å². The smallest absolute Gasteiger partial charge is 0.331 e. The third-order valence-electron chi connectivity index (χ3n) is 4.16. The minimum absolute atomic E-state index is 0.309. The SMILES string of the molecule is CCc1cc(Cl)c(C(C)C)c([B]OC(C)(C)C(C)(C)O)c1. The van der Waals surface area contributed by atoms with E-state index in [9.17, 15) is 5.11 Å². The Morgan fingerprint density at radius 3 is 2.24 bits per heavy atom. The lowest BCUT2D eigenvalue weighted by Crippen LogP contribution is -2.49. The Labute approximate surface area is 135 Å². The van der Waals surface area contributed by atoms with E-state index in [1.54, 1.807) is 21.3 Å². The molecule has 1 N–H and O–H groups in total. The molecule has 1 aromatic carbocycles. The summed E-state index contributed by atoms with van der Waals surface area (Å²) in [6.45, 7) is 13.6. The minimum atomic E-state index is -0.937. The first kappa shape index (κ1) is 18.5. The molecule has 0 aliphatic carbocycles. The highest BCUT2D eigenvalue weighted by Gasteiger charge is 2.36. The predicted molar refractivity (Wildman–Crippen MR) is 91.8 cm³/mol. The Morgan fingerprint density at radius 1 is 1.24 bits per heavy atom. The summed E-state index contributed by atoms with van der Waals surface area (Å²) in [4.78, 5) is 0. The van der Waals surface area contributed by atoms with Gasteiger partial charge in [0.05, 0.1) is 11.2 Å². The van der Waals surface area contributed by atoms with Gasteiger partial charge in [-0.3, -0.25) is 0 Å². The number of halogens is 1. The second-order valence-electron chi connectivity index (χ2n) is 6.89. The molecule has 1 aromatic rings. The Kier molecular flexibility index (Phi) is 5.94. The maximum absolute atomic E-state index is 10.2. The monoisotopic (exact) mass is 309 g/mol. The molecule has 4 heteroatoms. The van der Waals surface area contributed by atoms with Gasteiger partial charge in [0.1, 0.15) is 0 Å². The summed E-state index contributed by atoms with van der Waals surface area (Å²) < 4.78 is 5.89. The van der Waals surface area contributed by atoms with Gasteiger partial charge in [0, 0.05) is 5.02 Å². The summed E-state index contributed by atoms with van der Waals surface area (Å²) in [6.07, 6.45) is 0.924. The van der Waals surface area contributed by atoms with Crippen LogP contribution < -0.4 is 5.46 Å². The average molecular weight is 310 g/mol. The van der Waals surface area contributed by atoms with Crippen LogP contribution in [0.3, 0.4) is 0 Å². The first-order valence-corrected chi connectivity index (χ1v) is 7.93. The van der Waals surface area contributed by atoms with Crippen molar-refractivity contribution in [3.63, 3.8) is 0 Å². The Balaban J connectivity index is 3.10. The lowest BCUT2D eigenvalue weighted by Gasteiger charge is -2.37. The zero-order valence-corrected chi connectivity index (χ0v) is 15.0. The molecule has 0 aromatic heterocycles. The van der Waals surface area contributed by atoms with Gasteiger partial charge in [-0.2, -0.15) is 0 Å². The molecule has 0 atom stereocenters. The van der Waals surface area contributed by atoms with Crippen LogP contribution >= 0.6 is 11.6 Å². The standard InChI is InChI=1S/C17H27BClO2/c1-8-12-9-13(15(11(2)3)14(19)10-12)18-21-17(6,7)16(4,5)20/h9-11,20H,8H2,1-7H3. The molecule has 0 bridgehead atoms. The van der Waals surface area contributed by atoms with Crippen LogP contribution in [0.1, 0.15) is 65.5 Å². The van der Waals surface area contributed by atoms with Crippen LogP contribution in [0.5, 0.6) is 0 Å². The van der Waals surface area contributed by atoms with E-state index in [-0.39, 0.29) is 0 Å². The Hall–Kier alpha value is -0.505. The van der Waals surface area contributed by atoms with E-state index in [1.807, 2.05) is 19.9 Å². The van der Waals surface area contributed by atoms with Crippen molar-refractivity contribution in [3.05, 3.63) is 28.3 Å². The molecule has 0 saturated carbocycles. The Morgan fingerprint density at radius 2 is 1.81 bits per heavy atom. The van der Waals surface area contributed by atoms with Crippen molar-refractivity contribution in [2.45, 2.75) is 72.0 Å². The number of aliphatic hydroxyl groups is 1. The molecule has 0 spiro atoms. The molecule has 0 unspecified atom stereocenters. The van der Waals surface area contributed by atoms with Crippen LogP contribution in [0.4, 0.5) is 0 Å². The van der Waals surface area contributed by atoms with Crippen LogP contribution in [0, 0.1) is 0 Å². The fraction of sp³-hybridized carbons (Fsp3) is 0.647.